The van der Waals surface area contributed by atoms with Crippen molar-refractivity contribution in [2.24, 2.45) is 17.6 Å². The van der Waals surface area contributed by atoms with Gasteiger partial charge in [-0.1, -0.05) is 28.1 Å². The SMILES string of the molecule is CC(C)(C)OC(=O)NC[C@H]1CC[C@H](C(=O)N(c2ccc3[nH]c(=O)[nH]c3c2)[C@@H](Cc2cccc(Br)c2)C(N)=O)CC1. The van der Waals surface area contributed by atoms with Gasteiger partial charge in [-0.2, -0.15) is 0 Å². The van der Waals surface area contributed by atoms with Gasteiger partial charge in [0.25, 0.3) is 0 Å². The van der Waals surface area contributed by atoms with Crippen molar-refractivity contribution in [1.82, 2.24) is 15.3 Å². The van der Waals surface area contributed by atoms with Gasteiger partial charge in [-0.05, 0) is 88.3 Å². The van der Waals surface area contributed by atoms with Crippen LogP contribution in [-0.4, -0.2) is 46.1 Å². The molecule has 0 spiro atoms. The number of imidazole rings is 1. The predicted molar refractivity (Wildman–Crippen MR) is 157 cm³/mol. The molecular formula is C29H36BrN5O5. The number of carbonyl (C=O) groups is 3. The Balaban J connectivity index is 1.55. The van der Waals surface area contributed by atoms with Crippen LogP contribution < -0.4 is 21.6 Å². The van der Waals surface area contributed by atoms with Crippen LogP contribution in [0.5, 0.6) is 0 Å². The third kappa shape index (κ3) is 7.53. The topological polar surface area (TPSA) is 150 Å². The number of nitrogens with two attached hydrogens (primary N) is 1. The molecule has 214 valence electrons. The molecule has 10 nitrogen and oxygen atoms in total. The lowest BCUT2D eigenvalue weighted by Crippen LogP contribution is -2.52. The maximum absolute atomic E-state index is 14.1. The molecule has 1 aliphatic rings. The van der Waals surface area contributed by atoms with Gasteiger partial charge in [0.2, 0.25) is 11.8 Å². The summed E-state index contributed by atoms with van der Waals surface area (Å²) in [5.41, 5.74) is 7.46. The van der Waals surface area contributed by atoms with Crippen LogP contribution >= 0.6 is 15.9 Å². The average molecular weight is 615 g/mol. The predicted octanol–water partition coefficient (Wildman–Crippen LogP) is 4.38. The fourth-order valence-electron chi connectivity index (χ4n) is 5.19. The minimum Gasteiger partial charge on any atom is -0.444 e. The second-order valence-corrected chi connectivity index (χ2v) is 12.3. The van der Waals surface area contributed by atoms with Crippen molar-refractivity contribution in [2.45, 2.75) is 64.5 Å². The van der Waals surface area contributed by atoms with Crippen LogP contribution in [-0.2, 0) is 20.7 Å². The standard InChI is InChI=1S/C29H36BrN5O5/c1-29(2,3)40-28(39)32-16-17-7-9-19(10-8-17)26(37)35(21-11-12-22-23(15-21)34-27(38)33-22)24(25(31)36)14-18-5-4-6-20(30)13-18/h4-6,11-13,15,17,19,24H,7-10,14,16H2,1-3H3,(H2,31,36)(H,32,39)(H2,33,34,38)/t17-,19-,24-/m0/s1. The average Bonchev–Trinajstić information content (AvgIpc) is 3.25. The van der Waals surface area contributed by atoms with E-state index in [4.69, 9.17) is 10.5 Å². The van der Waals surface area contributed by atoms with Crippen molar-refractivity contribution in [1.29, 1.82) is 0 Å². The number of H-pyrrole nitrogens is 2. The molecule has 5 N–H and O–H groups in total. The Morgan fingerprint density at radius 2 is 1.77 bits per heavy atom. The minimum absolute atomic E-state index is 0.186. The molecule has 1 aromatic heterocycles. The number of nitrogens with one attached hydrogen (secondary N) is 3. The first-order chi connectivity index (χ1) is 18.9. The lowest BCUT2D eigenvalue weighted by atomic mass is 9.81. The Morgan fingerprint density at radius 3 is 2.42 bits per heavy atom. The molecule has 40 heavy (non-hydrogen) atoms. The van der Waals surface area contributed by atoms with E-state index in [1.807, 2.05) is 45.0 Å². The summed E-state index contributed by atoms with van der Waals surface area (Å²) < 4.78 is 6.18. The molecule has 0 saturated heterocycles. The minimum atomic E-state index is -0.934. The van der Waals surface area contributed by atoms with E-state index in [1.54, 1.807) is 18.2 Å². The number of amides is 3. The molecule has 0 bridgehead atoms. The van der Waals surface area contributed by atoms with Crippen molar-refractivity contribution >= 4 is 50.6 Å². The van der Waals surface area contributed by atoms with Gasteiger partial charge in [0.15, 0.2) is 0 Å². The number of rotatable bonds is 8. The highest BCUT2D eigenvalue weighted by atomic mass is 79.9. The van der Waals surface area contributed by atoms with Crippen molar-refractivity contribution in [3.63, 3.8) is 0 Å². The van der Waals surface area contributed by atoms with Crippen LogP contribution in [0.4, 0.5) is 10.5 Å². The number of benzene rings is 2. The van der Waals surface area contributed by atoms with Crippen molar-refractivity contribution in [3.8, 4) is 0 Å². The zero-order valence-corrected chi connectivity index (χ0v) is 24.5. The molecule has 3 aromatic rings. The molecule has 0 aliphatic heterocycles. The molecule has 2 aromatic carbocycles. The molecule has 1 saturated carbocycles. The maximum atomic E-state index is 14.1. The van der Waals surface area contributed by atoms with Gasteiger partial charge in [0.1, 0.15) is 11.6 Å². The molecule has 1 atom stereocenters. The fourth-order valence-corrected chi connectivity index (χ4v) is 5.64. The first-order valence-electron chi connectivity index (χ1n) is 13.5. The number of primary amides is 1. The molecular weight excluding hydrogens is 578 g/mol. The third-order valence-corrected chi connectivity index (χ3v) is 7.60. The number of carbonyl (C=O) groups excluding carboxylic acids is 3. The van der Waals surface area contributed by atoms with Gasteiger partial charge >= 0.3 is 11.8 Å². The number of nitrogens with zero attached hydrogens (tertiary/aromatic N) is 1. The summed E-state index contributed by atoms with van der Waals surface area (Å²) in [7, 11) is 0. The smallest absolute Gasteiger partial charge is 0.407 e. The number of hydrogen-bond donors (Lipinski definition) is 4. The highest BCUT2D eigenvalue weighted by molar-refractivity contribution is 9.10. The van der Waals surface area contributed by atoms with Crippen LogP contribution in [0.15, 0.2) is 51.7 Å². The maximum Gasteiger partial charge on any atom is 0.407 e. The van der Waals surface area contributed by atoms with Gasteiger partial charge in [0, 0.05) is 29.0 Å². The van der Waals surface area contributed by atoms with E-state index in [1.165, 1.54) is 4.90 Å². The van der Waals surface area contributed by atoms with Crippen molar-refractivity contribution in [3.05, 3.63) is 63.0 Å². The van der Waals surface area contributed by atoms with E-state index in [2.05, 4.69) is 31.2 Å². The van der Waals surface area contributed by atoms with Gasteiger partial charge in [-0.25, -0.2) is 9.59 Å². The summed E-state index contributed by atoms with van der Waals surface area (Å²) in [6.45, 7) is 5.92. The van der Waals surface area contributed by atoms with E-state index in [0.29, 0.717) is 36.1 Å². The Morgan fingerprint density at radius 1 is 1.07 bits per heavy atom. The number of hydrogen-bond acceptors (Lipinski definition) is 5. The van der Waals surface area contributed by atoms with E-state index in [0.717, 1.165) is 22.9 Å². The molecule has 1 heterocycles. The van der Waals surface area contributed by atoms with Crippen LogP contribution in [0.25, 0.3) is 11.0 Å². The first-order valence-corrected chi connectivity index (χ1v) is 14.2. The van der Waals surface area contributed by atoms with Crippen LogP contribution in [0, 0.1) is 11.8 Å². The second kappa shape index (κ2) is 12.3. The monoisotopic (exact) mass is 613 g/mol. The molecule has 3 amide bonds. The summed E-state index contributed by atoms with van der Waals surface area (Å²) >= 11 is 3.47. The van der Waals surface area contributed by atoms with E-state index >= 15 is 0 Å². The number of aromatic nitrogens is 2. The van der Waals surface area contributed by atoms with E-state index < -0.39 is 23.6 Å². The molecule has 1 aliphatic carbocycles. The van der Waals surface area contributed by atoms with Gasteiger partial charge in [0.05, 0.1) is 11.0 Å². The zero-order chi connectivity index (χ0) is 29.0. The fraction of sp³-hybridized carbons (Fsp3) is 0.448. The molecule has 1 fully saturated rings. The Hall–Kier alpha value is -3.60. The van der Waals surface area contributed by atoms with Gasteiger partial charge in [-0.15, -0.1) is 0 Å². The highest BCUT2D eigenvalue weighted by Gasteiger charge is 2.36. The second-order valence-electron chi connectivity index (χ2n) is 11.4. The van der Waals surface area contributed by atoms with Crippen LogP contribution in [0.3, 0.4) is 0 Å². The Labute approximate surface area is 241 Å². The molecule has 0 radical (unpaired) electrons. The molecule has 0 unspecified atom stereocenters. The third-order valence-electron chi connectivity index (χ3n) is 7.10. The molecule has 11 heteroatoms. The normalized spacial score (nSPS) is 18.2. The number of anilines is 1. The summed E-state index contributed by atoms with van der Waals surface area (Å²) in [6, 6.07) is 11.7. The first kappa shape index (κ1) is 29.4. The lowest BCUT2D eigenvalue weighted by Gasteiger charge is -2.36. The molecule has 4 rings (SSSR count). The van der Waals surface area contributed by atoms with Gasteiger partial charge in [-0.3, -0.25) is 14.5 Å². The van der Waals surface area contributed by atoms with Crippen LogP contribution in [0.2, 0.25) is 0 Å². The van der Waals surface area contributed by atoms with E-state index in [-0.39, 0.29) is 29.9 Å². The number of halogens is 1. The van der Waals surface area contributed by atoms with Crippen molar-refractivity contribution in [2.75, 3.05) is 11.4 Å². The highest BCUT2D eigenvalue weighted by Crippen LogP contribution is 2.33. The Kier molecular flexibility index (Phi) is 9.02. The summed E-state index contributed by atoms with van der Waals surface area (Å²) in [6.07, 6.45) is 2.50. The quantitative estimate of drug-likeness (QED) is 0.297. The number of alkyl carbamates (subject to hydrolysis) is 1. The number of ether oxygens (including phenoxy) is 1. The largest absolute Gasteiger partial charge is 0.444 e. The van der Waals surface area contributed by atoms with Crippen LogP contribution in [0.1, 0.15) is 52.0 Å². The zero-order valence-electron chi connectivity index (χ0n) is 23.0. The van der Waals surface area contributed by atoms with E-state index in [9.17, 15) is 19.2 Å². The summed E-state index contributed by atoms with van der Waals surface area (Å²) in [4.78, 5) is 57.8. The summed E-state index contributed by atoms with van der Waals surface area (Å²) in [5.74, 6) is -0.899. The number of aromatic amines is 2. The van der Waals surface area contributed by atoms with Crippen molar-refractivity contribution < 1.29 is 19.1 Å². The van der Waals surface area contributed by atoms with Gasteiger partial charge < -0.3 is 25.8 Å². The Bertz CT molecular complexity index is 1430. The summed E-state index contributed by atoms with van der Waals surface area (Å²) in [5, 5.41) is 2.83. The number of fused-ring (bicyclic) bond motifs is 1. The lowest BCUT2D eigenvalue weighted by molar-refractivity contribution is -0.127.